The van der Waals surface area contributed by atoms with Crippen molar-refractivity contribution < 1.29 is 13.2 Å². The zero-order chi connectivity index (χ0) is 16.3. The number of benzene rings is 1. The van der Waals surface area contributed by atoms with E-state index in [0.29, 0.717) is 29.8 Å². The van der Waals surface area contributed by atoms with Crippen LogP contribution in [0, 0.1) is 0 Å². The fraction of sp³-hybridized carbons (Fsp3) is 0.588. The van der Waals surface area contributed by atoms with E-state index in [9.17, 15) is 13.2 Å². The number of carbonyl (C=O) groups is 1. The van der Waals surface area contributed by atoms with Crippen LogP contribution in [0.1, 0.15) is 45.6 Å². The smallest absolute Gasteiger partial charge is 0.223 e. The van der Waals surface area contributed by atoms with Crippen molar-refractivity contribution in [3.05, 3.63) is 29.8 Å². The Morgan fingerprint density at radius 2 is 1.68 bits per heavy atom. The zero-order valence-electron chi connectivity index (χ0n) is 13.6. The summed E-state index contributed by atoms with van der Waals surface area (Å²) < 4.78 is 23.5. The summed E-state index contributed by atoms with van der Waals surface area (Å²) in [5.41, 5.74) is 1.00. The Hall–Kier alpha value is -1.36. The van der Waals surface area contributed by atoms with E-state index in [1.165, 1.54) is 0 Å². The number of carbonyl (C=O) groups excluding carboxylic acids is 1. The molecule has 1 saturated heterocycles. The molecule has 1 amide bonds. The highest BCUT2D eigenvalue weighted by atomic mass is 32.2. The van der Waals surface area contributed by atoms with Crippen molar-refractivity contribution in [1.29, 1.82) is 0 Å². The molecule has 122 valence electrons. The molecule has 1 aliphatic rings. The van der Waals surface area contributed by atoms with Crippen LogP contribution in [0.5, 0.6) is 0 Å². The Morgan fingerprint density at radius 1 is 1.14 bits per heavy atom. The maximum atomic E-state index is 12.3. The Labute approximate surface area is 133 Å². The number of amides is 1. The summed E-state index contributed by atoms with van der Waals surface area (Å²) in [6.07, 6.45) is 3.29. The summed E-state index contributed by atoms with van der Waals surface area (Å²) in [6.45, 7) is 5.85. The van der Waals surface area contributed by atoms with Crippen molar-refractivity contribution in [1.82, 2.24) is 4.90 Å². The van der Waals surface area contributed by atoms with Crippen molar-refractivity contribution in [3.63, 3.8) is 0 Å². The first-order valence-electron chi connectivity index (χ1n) is 7.98. The van der Waals surface area contributed by atoms with Gasteiger partial charge in [-0.15, -0.1) is 0 Å². The first-order valence-corrected chi connectivity index (χ1v) is 9.63. The van der Waals surface area contributed by atoms with Gasteiger partial charge in [0.1, 0.15) is 0 Å². The zero-order valence-corrected chi connectivity index (χ0v) is 14.4. The number of hydrogen-bond donors (Lipinski definition) is 0. The summed E-state index contributed by atoms with van der Waals surface area (Å²) in [5, 5.41) is 0. The lowest BCUT2D eigenvalue weighted by Crippen LogP contribution is -2.38. The van der Waals surface area contributed by atoms with Gasteiger partial charge >= 0.3 is 0 Å². The van der Waals surface area contributed by atoms with E-state index in [1.54, 1.807) is 19.1 Å². The van der Waals surface area contributed by atoms with Crippen LogP contribution in [-0.2, 0) is 21.1 Å². The van der Waals surface area contributed by atoms with Crippen LogP contribution in [0.25, 0.3) is 0 Å². The van der Waals surface area contributed by atoms with Gasteiger partial charge in [-0.1, -0.05) is 19.1 Å². The second kappa shape index (κ2) is 6.82. The van der Waals surface area contributed by atoms with Gasteiger partial charge in [-0.05, 0) is 50.8 Å². The molecular formula is C17H25NO3S. The van der Waals surface area contributed by atoms with E-state index in [-0.39, 0.29) is 11.7 Å². The van der Waals surface area contributed by atoms with Gasteiger partial charge in [-0.25, -0.2) is 8.42 Å². The molecule has 0 saturated carbocycles. The lowest BCUT2D eigenvalue weighted by Gasteiger charge is -2.26. The van der Waals surface area contributed by atoms with E-state index in [4.69, 9.17) is 0 Å². The van der Waals surface area contributed by atoms with E-state index in [1.807, 2.05) is 17.0 Å². The molecule has 0 radical (unpaired) electrons. The molecule has 0 N–H and O–H groups in total. The SMILES string of the molecule is CCS(=O)(=O)c1ccc(CCC(=O)N2[C@@H](C)CC[C@@H]2C)cc1. The van der Waals surface area contributed by atoms with E-state index in [2.05, 4.69) is 13.8 Å². The van der Waals surface area contributed by atoms with Gasteiger partial charge in [-0.3, -0.25) is 4.79 Å². The minimum absolute atomic E-state index is 0.107. The van der Waals surface area contributed by atoms with Gasteiger partial charge in [0.05, 0.1) is 10.6 Å². The van der Waals surface area contributed by atoms with E-state index < -0.39 is 9.84 Å². The predicted octanol–water partition coefficient (Wildman–Crippen LogP) is 2.81. The molecule has 2 rings (SSSR count). The fourth-order valence-corrected chi connectivity index (χ4v) is 3.98. The van der Waals surface area contributed by atoms with Gasteiger partial charge in [0.2, 0.25) is 5.91 Å². The van der Waals surface area contributed by atoms with Crippen molar-refractivity contribution >= 4 is 15.7 Å². The molecule has 1 aromatic carbocycles. The minimum Gasteiger partial charge on any atom is -0.337 e. The van der Waals surface area contributed by atoms with Crippen LogP contribution in [0.2, 0.25) is 0 Å². The molecule has 2 atom stereocenters. The maximum Gasteiger partial charge on any atom is 0.223 e. The van der Waals surface area contributed by atoms with Gasteiger partial charge in [-0.2, -0.15) is 0 Å². The topological polar surface area (TPSA) is 54.5 Å². The number of rotatable bonds is 5. The van der Waals surface area contributed by atoms with Crippen LogP contribution in [0.15, 0.2) is 29.2 Å². The van der Waals surface area contributed by atoms with Gasteiger partial charge in [0, 0.05) is 18.5 Å². The third kappa shape index (κ3) is 3.69. The number of hydrogen-bond acceptors (Lipinski definition) is 3. The molecule has 0 spiro atoms. The summed E-state index contributed by atoms with van der Waals surface area (Å²) in [6, 6.07) is 7.57. The van der Waals surface area contributed by atoms with Crippen molar-refractivity contribution in [2.45, 2.75) is 63.4 Å². The highest BCUT2D eigenvalue weighted by molar-refractivity contribution is 7.91. The van der Waals surface area contributed by atoms with E-state index in [0.717, 1.165) is 18.4 Å². The molecule has 1 heterocycles. The standard InChI is InChI=1S/C17H25NO3S/c1-4-22(20,21)16-10-7-15(8-11-16)9-12-17(19)18-13(2)5-6-14(18)3/h7-8,10-11,13-14H,4-6,9,12H2,1-3H3/t13-,14-/m0/s1. The highest BCUT2D eigenvalue weighted by Crippen LogP contribution is 2.24. The Morgan fingerprint density at radius 3 is 2.18 bits per heavy atom. The molecule has 5 heteroatoms. The summed E-state index contributed by atoms with van der Waals surface area (Å²) in [5.74, 6) is 0.304. The number of likely N-dealkylation sites (tertiary alicyclic amines) is 1. The summed E-state index contributed by atoms with van der Waals surface area (Å²) in [7, 11) is -3.15. The molecule has 0 aliphatic carbocycles. The molecule has 0 bridgehead atoms. The molecule has 4 nitrogen and oxygen atoms in total. The monoisotopic (exact) mass is 323 g/mol. The second-order valence-corrected chi connectivity index (χ2v) is 8.40. The van der Waals surface area contributed by atoms with Crippen LogP contribution in [0.3, 0.4) is 0 Å². The average molecular weight is 323 g/mol. The predicted molar refractivity (Wildman–Crippen MR) is 87.5 cm³/mol. The van der Waals surface area contributed by atoms with Crippen LogP contribution < -0.4 is 0 Å². The Balaban J connectivity index is 1.96. The van der Waals surface area contributed by atoms with Crippen LogP contribution in [0.4, 0.5) is 0 Å². The molecule has 22 heavy (non-hydrogen) atoms. The fourth-order valence-electron chi connectivity index (χ4n) is 3.10. The van der Waals surface area contributed by atoms with Gasteiger partial charge < -0.3 is 4.90 Å². The lowest BCUT2D eigenvalue weighted by molar-refractivity contribution is -0.133. The minimum atomic E-state index is -3.15. The van der Waals surface area contributed by atoms with Crippen LogP contribution in [-0.4, -0.2) is 37.1 Å². The quantitative estimate of drug-likeness (QED) is 0.837. The maximum absolute atomic E-state index is 12.3. The van der Waals surface area contributed by atoms with Crippen molar-refractivity contribution in [3.8, 4) is 0 Å². The third-order valence-corrected chi connectivity index (χ3v) is 6.28. The van der Waals surface area contributed by atoms with Crippen LogP contribution >= 0.6 is 0 Å². The number of sulfone groups is 1. The Kier molecular flexibility index (Phi) is 5.27. The molecular weight excluding hydrogens is 298 g/mol. The third-order valence-electron chi connectivity index (χ3n) is 4.53. The molecule has 1 aliphatic heterocycles. The molecule has 1 fully saturated rings. The molecule has 0 unspecified atom stereocenters. The summed E-state index contributed by atoms with van der Waals surface area (Å²) in [4.78, 5) is 14.7. The largest absolute Gasteiger partial charge is 0.337 e. The summed E-state index contributed by atoms with van der Waals surface area (Å²) >= 11 is 0. The van der Waals surface area contributed by atoms with E-state index >= 15 is 0 Å². The van der Waals surface area contributed by atoms with Crippen molar-refractivity contribution in [2.75, 3.05) is 5.75 Å². The second-order valence-electron chi connectivity index (χ2n) is 6.12. The molecule has 0 aromatic heterocycles. The first kappa shape index (κ1) is 17.0. The lowest BCUT2D eigenvalue weighted by atomic mass is 10.1. The highest BCUT2D eigenvalue weighted by Gasteiger charge is 2.30. The average Bonchev–Trinajstić information content (AvgIpc) is 2.84. The van der Waals surface area contributed by atoms with Gasteiger partial charge in [0.15, 0.2) is 9.84 Å². The Bertz CT molecular complexity index is 612. The number of nitrogens with zero attached hydrogens (tertiary/aromatic N) is 1. The van der Waals surface area contributed by atoms with Gasteiger partial charge in [0.25, 0.3) is 0 Å². The normalized spacial score (nSPS) is 22.0. The first-order chi connectivity index (χ1) is 10.3. The number of aryl methyl sites for hydroxylation is 1. The van der Waals surface area contributed by atoms with Crippen molar-refractivity contribution in [2.24, 2.45) is 0 Å². The molecule has 1 aromatic rings.